The molecule has 2 N–H and O–H groups in total. The molecule has 2 aliphatic rings. The molecular formula is C19H21N5O4. The van der Waals surface area contributed by atoms with Crippen LogP contribution < -0.4 is 15.7 Å². The summed E-state index contributed by atoms with van der Waals surface area (Å²) in [5, 5.41) is 13.7. The lowest BCUT2D eigenvalue weighted by Crippen LogP contribution is -2.53. The summed E-state index contributed by atoms with van der Waals surface area (Å²) in [4.78, 5) is 21.6. The molecule has 3 aromatic rings. The van der Waals surface area contributed by atoms with Crippen LogP contribution in [0.5, 0.6) is 5.75 Å². The molecule has 4 heterocycles. The van der Waals surface area contributed by atoms with Crippen LogP contribution in [-0.2, 0) is 24.8 Å². The van der Waals surface area contributed by atoms with Crippen LogP contribution in [-0.4, -0.2) is 49.6 Å². The van der Waals surface area contributed by atoms with Crippen LogP contribution in [0.2, 0.25) is 0 Å². The first-order valence-electron chi connectivity index (χ1n) is 9.19. The van der Waals surface area contributed by atoms with Crippen molar-refractivity contribution >= 4 is 22.8 Å². The van der Waals surface area contributed by atoms with Crippen LogP contribution in [0.25, 0.3) is 11.2 Å². The number of nitrogens with one attached hydrogen (secondary N) is 1. The van der Waals surface area contributed by atoms with Crippen LogP contribution in [0, 0.1) is 6.92 Å². The lowest BCUT2D eigenvalue weighted by molar-refractivity contribution is -0.185. The molecule has 0 bridgehead atoms. The molecule has 28 heavy (non-hydrogen) atoms. The van der Waals surface area contributed by atoms with Crippen molar-refractivity contribution < 1.29 is 14.6 Å². The minimum Gasteiger partial charge on any atom is -0.493 e. The number of nitrogens with zero attached hydrogens (tertiary/aromatic N) is 4. The molecule has 0 amide bonds. The molecule has 1 aromatic carbocycles. The van der Waals surface area contributed by atoms with E-state index in [9.17, 15) is 9.90 Å². The molecule has 2 aliphatic heterocycles. The van der Waals surface area contributed by atoms with Gasteiger partial charge in [-0.25, -0.2) is 9.78 Å². The Morgan fingerprint density at radius 2 is 2.18 bits per heavy atom. The summed E-state index contributed by atoms with van der Waals surface area (Å²) in [5.74, 6) is 1.32. The number of benzene rings is 1. The van der Waals surface area contributed by atoms with E-state index in [1.807, 2.05) is 13.0 Å². The fourth-order valence-corrected chi connectivity index (χ4v) is 3.68. The minimum atomic E-state index is -1.03. The zero-order chi connectivity index (χ0) is 19.5. The number of aliphatic hydroxyl groups is 1. The van der Waals surface area contributed by atoms with Gasteiger partial charge >= 0.3 is 5.69 Å². The van der Waals surface area contributed by atoms with Gasteiger partial charge in [0.25, 0.3) is 0 Å². The maximum absolute atomic E-state index is 12.6. The fourth-order valence-electron chi connectivity index (χ4n) is 3.68. The van der Waals surface area contributed by atoms with Gasteiger partial charge in [-0.3, -0.25) is 9.13 Å². The van der Waals surface area contributed by atoms with E-state index in [1.165, 1.54) is 9.13 Å². The highest BCUT2D eigenvalue weighted by molar-refractivity contribution is 5.73. The predicted molar refractivity (Wildman–Crippen MR) is 102 cm³/mol. The Balaban J connectivity index is 1.54. The average molecular weight is 383 g/mol. The fraction of sp³-hybridized carbons (Fsp3) is 0.421. The van der Waals surface area contributed by atoms with Crippen LogP contribution in [0.1, 0.15) is 11.1 Å². The lowest BCUT2D eigenvalue weighted by atomic mass is 10.0. The molecule has 1 fully saturated rings. The van der Waals surface area contributed by atoms with Gasteiger partial charge in [-0.2, -0.15) is 4.98 Å². The van der Waals surface area contributed by atoms with E-state index in [4.69, 9.17) is 9.47 Å². The zero-order valence-corrected chi connectivity index (χ0v) is 15.7. The Hall–Kier alpha value is -2.91. The van der Waals surface area contributed by atoms with E-state index in [2.05, 4.69) is 21.4 Å². The van der Waals surface area contributed by atoms with Gasteiger partial charge in [0.1, 0.15) is 16.9 Å². The molecule has 0 spiro atoms. The Labute approximate surface area is 160 Å². The molecule has 9 nitrogen and oxygen atoms in total. The first-order valence-corrected chi connectivity index (χ1v) is 9.19. The average Bonchev–Trinajstić information content (AvgIpc) is 3.19. The van der Waals surface area contributed by atoms with Gasteiger partial charge in [0, 0.05) is 19.2 Å². The number of hydrogen-bond donors (Lipinski definition) is 2. The smallest absolute Gasteiger partial charge is 0.330 e. The van der Waals surface area contributed by atoms with Gasteiger partial charge in [0.05, 0.1) is 32.6 Å². The molecule has 0 radical (unpaired) electrons. The van der Waals surface area contributed by atoms with Crippen molar-refractivity contribution in [2.24, 2.45) is 7.05 Å². The van der Waals surface area contributed by atoms with Gasteiger partial charge in [-0.1, -0.05) is 0 Å². The topological polar surface area (TPSA) is 103 Å². The van der Waals surface area contributed by atoms with Crippen LogP contribution >= 0.6 is 0 Å². The van der Waals surface area contributed by atoms with E-state index in [0.29, 0.717) is 23.7 Å². The summed E-state index contributed by atoms with van der Waals surface area (Å²) in [6.07, 6.45) is 2.50. The van der Waals surface area contributed by atoms with E-state index in [-0.39, 0.29) is 25.4 Å². The van der Waals surface area contributed by atoms with Crippen molar-refractivity contribution in [2.45, 2.75) is 25.5 Å². The summed E-state index contributed by atoms with van der Waals surface area (Å²) in [6.45, 7) is 3.25. The number of aryl methyl sites for hydroxylation is 2. The number of ether oxygens (including phenoxy) is 2. The third kappa shape index (κ3) is 2.66. The van der Waals surface area contributed by atoms with Gasteiger partial charge < -0.3 is 19.9 Å². The van der Waals surface area contributed by atoms with Gasteiger partial charge in [-0.15, -0.1) is 0 Å². The van der Waals surface area contributed by atoms with Crippen molar-refractivity contribution in [3.05, 3.63) is 39.9 Å². The number of rotatable bonds is 4. The molecule has 2 aromatic heterocycles. The molecule has 0 atom stereocenters. The van der Waals surface area contributed by atoms with Gasteiger partial charge in [0.2, 0.25) is 5.95 Å². The number of aromatic nitrogens is 4. The third-order valence-corrected chi connectivity index (χ3v) is 5.36. The maximum Gasteiger partial charge on any atom is 0.330 e. The van der Waals surface area contributed by atoms with Gasteiger partial charge in [0.15, 0.2) is 5.65 Å². The normalized spacial score (nSPS) is 17.2. The monoisotopic (exact) mass is 383 g/mol. The Bertz CT molecular complexity index is 1150. The van der Waals surface area contributed by atoms with Crippen molar-refractivity contribution in [3.63, 3.8) is 0 Å². The Morgan fingerprint density at radius 1 is 1.36 bits per heavy atom. The quantitative estimate of drug-likeness (QED) is 0.689. The SMILES string of the molecule is Cc1cc2c(cc1Nc1ncc3c(n1)n(CC1(O)COC1)c(=O)n3C)CCO2. The highest BCUT2D eigenvalue weighted by atomic mass is 16.5. The highest BCUT2D eigenvalue weighted by Crippen LogP contribution is 2.32. The molecule has 0 aliphatic carbocycles. The molecule has 0 unspecified atom stereocenters. The van der Waals surface area contributed by atoms with Crippen molar-refractivity contribution in [1.29, 1.82) is 0 Å². The Morgan fingerprint density at radius 3 is 2.93 bits per heavy atom. The van der Waals surface area contributed by atoms with Crippen molar-refractivity contribution in [3.8, 4) is 5.75 Å². The molecule has 9 heteroatoms. The van der Waals surface area contributed by atoms with E-state index >= 15 is 0 Å². The second-order valence-corrected chi connectivity index (χ2v) is 7.55. The summed E-state index contributed by atoms with van der Waals surface area (Å²) in [6, 6.07) is 4.06. The molecule has 146 valence electrons. The maximum atomic E-state index is 12.6. The lowest BCUT2D eigenvalue weighted by Gasteiger charge is -2.36. The molecule has 0 saturated carbocycles. The summed E-state index contributed by atoms with van der Waals surface area (Å²) in [7, 11) is 1.67. The first kappa shape index (κ1) is 17.2. The summed E-state index contributed by atoms with van der Waals surface area (Å²) >= 11 is 0. The molecule has 1 saturated heterocycles. The zero-order valence-electron chi connectivity index (χ0n) is 15.7. The number of hydrogen-bond acceptors (Lipinski definition) is 7. The number of imidazole rings is 1. The minimum absolute atomic E-state index is 0.134. The molecule has 5 rings (SSSR count). The molecular weight excluding hydrogens is 362 g/mol. The van der Waals surface area contributed by atoms with Crippen LogP contribution in [0.3, 0.4) is 0 Å². The van der Waals surface area contributed by atoms with Crippen molar-refractivity contribution in [1.82, 2.24) is 19.1 Å². The summed E-state index contributed by atoms with van der Waals surface area (Å²) in [5.41, 5.74) is 2.89. The standard InChI is InChI=1S/C19H21N5O4/c1-11-5-15-12(3-4-28-15)6-13(11)21-17-20-7-14-16(22-17)24(18(25)23(14)2)8-19(26)9-27-10-19/h5-7,26H,3-4,8-10H2,1-2H3,(H,20,21,22). The van der Waals surface area contributed by atoms with E-state index in [0.717, 1.165) is 29.0 Å². The van der Waals surface area contributed by atoms with Crippen LogP contribution in [0.15, 0.2) is 23.1 Å². The number of fused-ring (bicyclic) bond motifs is 2. The van der Waals surface area contributed by atoms with E-state index in [1.54, 1.807) is 13.2 Å². The predicted octanol–water partition coefficient (Wildman–Crippen LogP) is 0.878. The second-order valence-electron chi connectivity index (χ2n) is 7.55. The highest BCUT2D eigenvalue weighted by Gasteiger charge is 2.37. The van der Waals surface area contributed by atoms with Crippen LogP contribution in [0.4, 0.5) is 11.6 Å². The first-order chi connectivity index (χ1) is 13.4. The second kappa shape index (κ2) is 6.05. The van der Waals surface area contributed by atoms with E-state index < -0.39 is 5.60 Å². The summed E-state index contributed by atoms with van der Waals surface area (Å²) < 4.78 is 13.7. The van der Waals surface area contributed by atoms with Crippen molar-refractivity contribution in [2.75, 3.05) is 25.1 Å². The third-order valence-electron chi connectivity index (χ3n) is 5.36. The van der Waals surface area contributed by atoms with Gasteiger partial charge in [-0.05, 0) is 30.2 Å². The largest absolute Gasteiger partial charge is 0.493 e. The Kier molecular flexibility index (Phi) is 3.72. The number of anilines is 2.